The lowest BCUT2D eigenvalue weighted by Gasteiger charge is -2.17. The van der Waals surface area contributed by atoms with E-state index in [2.05, 4.69) is 43.4 Å². The van der Waals surface area contributed by atoms with Crippen LogP contribution in [0.1, 0.15) is 51.0 Å². The van der Waals surface area contributed by atoms with E-state index in [1.165, 1.54) is 24.8 Å². The molecule has 2 unspecified atom stereocenters. The van der Waals surface area contributed by atoms with Gasteiger partial charge >= 0.3 is 0 Å². The van der Waals surface area contributed by atoms with Crippen LogP contribution in [0.2, 0.25) is 0 Å². The SMILES string of the molecule is CCC(C)c1ccc(OC2CCCNCC2)cc1. The lowest BCUT2D eigenvalue weighted by molar-refractivity contribution is 0.187. The van der Waals surface area contributed by atoms with Crippen molar-refractivity contribution in [3.05, 3.63) is 29.8 Å². The van der Waals surface area contributed by atoms with Crippen molar-refractivity contribution in [3.63, 3.8) is 0 Å². The Bertz CT molecular complexity index is 339. The Hall–Kier alpha value is -1.02. The molecule has 1 aromatic rings. The van der Waals surface area contributed by atoms with Gasteiger partial charge in [0.1, 0.15) is 5.75 Å². The molecule has 1 aliphatic rings. The highest BCUT2D eigenvalue weighted by Gasteiger charge is 2.13. The highest BCUT2D eigenvalue weighted by atomic mass is 16.5. The van der Waals surface area contributed by atoms with Gasteiger partial charge in [-0.05, 0) is 62.4 Å². The highest BCUT2D eigenvalue weighted by molar-refractivity contribution is 5.29. The van der Waals surface area contributed by atoms with Gasteiger partial charge in [-0.2, -0.15) is 0 Å². The first kappa shape index (κ1) is 13.4. The molecule has 1 fully saturated rings. The van der Waals surface area contributed by atoms with Crippen molar-refractivity contribution in [1.82, 2.24) is 5.32 Å². The topological polar surface area (TPSA) is 21.3 Å². The molecule has 1 saturated heterocycles. The lowest BCUT2D eigenvalue weighted by Crippen LogP contribution is -2.19. The Kier molecular flexibility index (Phi) is 5.06. The standard InChI is InChI=1S/C16H25NO/c1-3-13(2)14-6-8-16(9-7-14)18-15-5-4-11-17-12-10-15/h6-9,13,15,17H,3-5,10-12H2,1-2H3. The van der Waals surface area contributed by atoms with E-state index in [4.69, 9.17) is 4.74 Å². The quantitative estimate of drug-likeness (QED) is 0.875. The molecule has 100 valence electrons. The summed E-state index contributed by atoms with van der Waals surface area (Å²) in [6, 6.07) is 8.66. The Morgan fingerprint density at radius 2 is 2.00 bits per heavy atom. The third-order valence-electron chi connectivity index (χ3n) is 3.89. The van der Waals surface area contributed by atoms with Crippen molar-refractivity contribution in [3.8, 4) is 5.75 Å². The maximum Gasteiger partial charge on any atom is 0.119 e. The molecular weight excluding hydrogens is 222 g/mol. The highest BCUT2D eigenvalue weighted by Crippen LogP contribution is 2.23. The molecule has 1 aromatic carbocycles. The minimum absolute atomic E-state index is 0.384. The van der Waals surface area contributed by atoms with Crippen molar-refractivity contribution in [1.29, 1.82) is 0 Å². The molecule has 18 heavy (non-hydrogen) atoms. The molecule has 1 aliphatic heterocycles. The molecule has 2 nitrogen and oxygen atoms in total. The van der Waals surface area contributed by atoms with E-state index in [-0.39, 0.29) is 0 Å². The van der Waals surface area contributed by atoms with Crippen molar-refractivity contribution in [2.75, 3.05) is 13.1 Å². The smallest absolute Gasteiger partial charge is 0.119 e. The van der Waals surface area contributed by atoms with Gasteiger partial charge in [0.2, 0.25) is 0 Å². The minimum atomic E-state index is 0.384. The molecule has 0 bridgehead atoms. The van der Waals surface area contributed by atoms with Gasteiger partial charge in [-0.15, -0.1) is 0 Å². The molecule has 0 radical (unpaired) electrons. The number of nitrogens with one attached hydrogen (secondary N) is 1. The van der Waals surface area contributed by atoms with E-state index in [0.717, 1.165) is 25.3 Å². The largest absolute Gasteiger partial charge is 0.490 e. The summed E-state index contributed by atoms with van der Waals surface area (Å²) in [4.78, 5) is 0. The summed E-state index contributed by atoms with van der Waals surface area (Å²) in [5.74, 6) is 1.66. The summed E-state index contributed by atoms with van der Waals surface area (Å²) >= 11 is 0. The second kappa shape index (κ2) is 6.79. The number of benzene rings is 1. The third-order valence-corrected chi connectivity index (χ3v) is 3.89. The fourth-order valence-corrected chi connectivity index (χ4v) is 2.41. The minimum Gasteiger partial charge on any atom is -0.490 e. The lowest BCUT2D eigenvalue weighted by atomic mass is 9.99. The van der Waals surface area contributed by atoms with E-state index < -0.39 is 0 Å². The molecule has 2 heteroatoms. The predicted octanol–water partition coefficient (Wildman–Crippen LogP) is 3.72. The Morgan fingerprint density at radius 3 is 2.72 bits per heavy atom. The molecule has 0 aromatic heterocycles. The fourth-order valence-electron chi connectivity index (χ4n) is 2.41. The second-order valence-electron chi connectivity index (χ2n) is 5.30. The number of hydrogen-bond donors (Lipinski definition) is 1. The average Bonchev–Trinajstić information content (AvgIpc) is 2.67. The van der Waals surface area contributed by atoms with Gasteiger partial charge in [0.15, 0.2) is 0 Å². The number of ether oxygens (including phenoxy) is 1. The van der Waals surface area contributed by atoms with E-state index in [1.807, 2.05) is 0 Å². The van der Waals surface area contributed by atoms with Crippen LogP contribution in [-0.4, -0.2) is 19.2 Å². The summed E-state index contributed by atoms with van der Waals surface area (Å²) < 4.78 is 6.06. The summed E-state index contributed by atoms with van der Waals surface area (Å²) in [7, 11) is 0. The zero-order chi connectivity index (χ0) is 12.8. The summed E-state index contributed by atoms with van der Waals surface area (Å²) in [6.07, 6.45) is 5.08. The predicted molar refractivity (Wildman–Crippen MR) is 76.3 cm³/mol. The van der Waals surface area contributed by atoms with Gasteiger partial charge in [0, 0.05) is 0 Å². The van der Waals surface area contributed by atoms with E-state index in [9.17, 15) is 0 Å². The molecule has 2 rings (SSSR count). The molecular formula is C16H25NO. The number of rotatable bonds is 4. The first-order chi connectivity index (χ1) is 8.79. The van der Waals surface area contributed by atoms with Crippen LogP contribution in [0.5, 0.6) is 5.75 Å². The first-order valence-electron chi connectivity index (χ1n) is 7.27. The summed E-state index contributed by atoms with van der Waals surface area (Å²) in [5.41, 5.74) is 1.41. The Balaban J connectivity index is 1.92. The van der Waals surface area contributed by atoms with Crippen molar-refractivity contribution in [2.45, 2.75) is 51.6 Å². The van der Waals surface area contributed by atoms with Crippen LogP contribution in [0, 0.1) is 0 Å². The molecule has 2 atom stereocenters. The first-order valence-corrected chi connectivity index (χ1v) is 7.27. The van der Waals surface area contributed by atoms with Gasteiger partial charge in [0.05, 0.1) is 6.10 Å². The van der Waals surface area contributed by atoms with Gasteiger partial charge in [0.25, 0.3) is 0 Å². The van der Waals surface area contributed by atoms with Crippen molar-refractivity contribution < 1.29 is 4.74 Å². The second-order valence-corrected chi connectivity index (χ2v) is 5.30. The monoisotopic (exact) mass is 247 g/mol. The van der Waals surface area contributed by atoms with Gasteiger partial charge in [-0.3, -0.25) is 0 Å². The van der Waals surface area contributed by atoms with Crippen LogP contribution in [0.4, 0.5) is 0 Å². The number of hydrogen-bond acceptors (Lipinski definition) is 2. The summed E-state index contributed by atoms with van der Waals surface area (Å²) in [5, 5.41) is 3.41. The van der Waals surface area contributed by atoms with E-state index in [0.29, 0.717) is 12.0 Å². The Labute approximate surface area is 111 Å². The van der Waals surface area contributed by atoms with Crippen LogP contribution in [0.3, 0.4) is 0 Å². The Morgan fingerprint density at radius 1 is 1.22 bits per heavy atom. The van der Waals surface area contributed by atoms with Gasteiger partial charge in [-0.25, -0.2) is 0 Å². The maximum absolute atomic E-state index is 6.06. The van der Waals surface area contributed by atoms with Crippen LogP contribution in [0.15, 0.2) is 24.3 Å². The fraction of sp³-hybridized carbons (Fsp3) is 0.625. The van der Waals surface area contributed by atoms with Crippen molar-refractivity contribution >= 4 is 0 Å². The zero-order valence-electron chi connectivity index (χ0n) is 11.6. The molecule has 1 N–H and O–H groups in total. The van der Waals surface area contributed by atoms with E-state index >= 15 is 0 Å². The molecule has 1 heterocycles. The van der Waals surface area contributed by atoms with Crippen LogP contribution >= 0.6 is 0 Å². The third kappa shape index (κ3) is 3.74. The van der Waals surface area contributed by atoms with Crippen LogP contribution < -0.4 is 10.1 Å². The van der Waals surface area contributed by atoms with Crippen molar-refractivity contribution in [2.24, 2.45) is 0 Å². The molecule has 0 amide bonds. The van der Waals surface area contributed by atoms with Crippen LogP contribution in [-0.2, 0) is 0 Å². The van der Waals surface area contributed by atoms with E-state index in [1.54, 1.807) is 0 Å². The normalized spacial score (nSPS) is 22.2. The molecule has 0 spiro atoms. The molecule has 0 saturated carbocycles. The average molecular weight is 247 g/mol. The maximum atomic E-state index is 6.06. The molecule has 0 aliphatic carbocycles. The summed E-state index contributed by atoms with van der Waals surface area (Å²) in [6.45, 7) is 6.71. The van der Waals surface area contributed by atoms with Crippen LogP contribution in [0.25, 0.3) is 0 Å². The van der Waals surface area contributed by atoms with Gasteiger partial charge < -0.3 is 10.1 Å². The zero-order valence-corrected chi connectivity index (χ0v) is 11.6. The van der Waals surface area contributed by atoms with Gasteiger partial charge in [-0.1, -0.05) is 26.0 Å².